The van der Waals surface area contributed by atoms with Gasteiger partial charge in [-0.15, -0.1) is 6.42 Å². The highest BCUT2D eigenvalue weighted by Crippen LogP contribution is 2.18. The summed E-state index contributed by atoms with van der Waals surface area (Å²) < 4.78 is 10.3. The van der Waals surface area contributed by atoms with E-state index in [1.165, 1.54) is 0 Å². The number of esters is 1. The first-order valence-electron chi connectivity index (χ1n) is 5.02. The summed E-state index contributed by atoms with van der Waals surface area (Å²) in [5, 5.41) is 0. The molecule has 4 heteroatoms. The zero-order valence-electron chi connectivity index (χ0n) is 9.56. The zero-order valence-corrected chi connectivity index (χ0v) is 10.4. The molecule has 0 N–H and O–H groups in total. The SMILES string of the molecule is C#CCOc1[c]cccc1C(=O)OCCSC. The lowest BCUT2D eigenvalue weighted by molar-refractivity contribution is 0.0526. The van der Waals surface area contributed by atoms with Gasteiger partial charge in [0, 0.05) is 11.8 Å². The van der Waals surface area contributed by atoms with Crippen LogP contribution in [-0.4, -0.2) is 31.2 Å². The first kappa shape index (κ1) is 13.5. The first-order chi connectivity index (χ1) is 8.29. The summed E-state index contributed by atoms with van der Waals surface area (Å²) in [7, 11) is 0. The molecule has 0 aliphatic rings. The van der Waals surface area contributed by atoms with Gasteiger partial charge in [0.25, 0.3) is 0 Å². The van der Waals surface area contributed by atoms with Crippen LogP contribution in [0, 0.1) is 18.4 Å². The van der Waals surface area contributed by atoms with E-state index in [0.29, 0.717) is 17.9 Å². The molecule has 89 valence electrons. The largest absolute Gasteiger partial charge is 0.479 e. The second-order valence-electron chi connectivity index (χ2n) is 3.03. The van der Waals surface area contributed by atoms with E-state index in [4.69, 9.17) is 15.9 Å². The molecule has 1 rings (SSSR count). The van der Waals surface area contributed by atoms with Crippen molar-refractivity contribution in [3.05, 3.63) is 29.8 Å². The Morgan fingerprint density at radius 2 is 2.47 bits per heavy atom. The molecule has 1 radical (unpaired) electrons. The molecular formula is C13H13O3S. The van der Waals surface area contributed by atoms with Gasteiger partial charge in [-0.3, -0.25) is 0 Å². The molecule has 1 aromatic carbocycles. The monoisotopic (exact) mass is 249 g/mol. The van der Waals surface area contributed by atoms with Crippen LogP contribution in [0.3, 0.4) is 0 Å². The van der Waals surface area contributed by atoms with Crippen molar-refractivity contribution < 1.29 is 14.3 Å². The number of terminal acetylenes is 1. The topological polar surface area (TPSA) is 35.5 Å². The summed E-state index contributed by atoms with van der Waals surface area (Å²) in [4.78, 5) is 11.7. The molecule has 0 saturated carbocycles. The molecule has 0 aromatic heterocycles. The number of para-hydroxylation sites is 1. The quantitative estimate of drug-likeness (QED) is 0.439. The van der Waals surface area contributed by atoms with Gasteiger partial charge in [0.1, 0.15) is 24.5 Å². The number of benzene rings is 1. The van der Waals surface area contributed by atoms with Gasteiger partial charge in [0.15, 0.2) is 0 Å². The molecule has 0 saturated heterocycles. The Bertz CT molecular complexity index is 409. The second kappa shape index (κ2) is 7.64. The van der Waals surface area contributed by atoms with Crippen molar-refractivity contribution in [1.82, 2.24) is 0 Å². The normalized spacial score (nSPS) is 9.41. The Balaban J connectivity index is 2.68. The summed E-state index contributed by atoms with van der Waals surface area (Å²) in [5.41, 5.74) is 0.351. The molecule has 0 spiro atoms. The van der Waals surface area contributed by atoms with Crippen LogP contribution in [0.15, 0.2) is 18.2 Å². The Hall–Kier alpha value is -1.60. The molecule has 0 aliphatic carbocycles. The van der Waals surface area contributed by atoms with Crippen LogP contribution in [0.25, 0.3) is 0 Å². The highest BCUT2D eigenvalue weighted by Gasteiger charge is 2.13. The maximum absolute atomic E-state index is 11.7. The van der Waals surface area contributed by atoms with Crippen LogP contribution in [0.2, 0.25) is 0 Å². The Kier molecular flexibility index (Phi) is 6.05. The van der Waals surface area contributed by atoms with Gasteiger partial charge in [-0.25, -0.2) is 4.79 Å². The average molecular weight is 249 g/mol. The third-order valence-electron chi connectivity index (χ3n) is 1.86. The number of thioether (sulfide) groups is 1. The number of rotatable bonds is 6. The third kappa shape index (κ3) is 4.41. The predicted molar refractivity (Wildman–Crippen MR) is 68.3 cm³/mol. The minimum atomic E-state index is -0.414. The van der Waals surface area contributed by atoms with Crippen molar-refractivity contribution in [3.8, 4) is 18.1 Å². The fourth-order valence-electron chi connectivity index (χ4n) is 1.11. The number of ether oxygens (including phenoxy) is 2. The maximum atomic E-state index is 11.7. The van der Waals surface area contributed by atoms with Crippen molar-refractivity contribution in [2.24, 2.45) is 0 Å². The highest BCUT2D eigenvalue weighted by molar-refractivity contribution is 7.98. The third-order valence-corrected chi connectivity index (χ3v) is 2.43. The molecule has 1 aromatic rings. The van der Waals surface area contributed by atoms with E-state index in [1.54, 1.807) is 30.0 Å². The minimum absolute atomic E-state index is 0.103. The Morgan fingerprint density at radius 3 is 3.18 bits per heavy atom. The van der Waals surface area contributed by atoms with E-state index in [0.717, 1.165) is 5.75 Å². The van der Waals surface area contributed by atoms with Gasteiger partial charge in [0.05, 0.1) is 0 Å². The van der Waals surface area contributed by atoms with E-state index < -0.39 is 5.97 Å². The standard InChI is InChI=1S/C13H13O3S/c1-3-8-15-12-7-5-4-6-11(12)13(14)16-9-10-17-2/h1,4-6H,8-10H2,2H3. The Morgan fingerprint density at radius 1 is 1.65 bits per heavy atom. The summed E-state index contributed by atoms with van der Waals surface area (Å²) in [6.07, 6.45) is 7.04. The molecular weight excluding hydrogens is 236 g/mol. The number of hydrogen-bond acceptors (Lipinski definition) is 4. The highest BCUT2D eigenvalue weighted by atomic mass is 32.2. The second-order valence-corrected chi connectivity index (χ2v) is 4.02. The molecule has 0 unspecified atom stereocenters. The molecule has 17 heavy (non-hydrogen) atoms. The molecule has 0 amide bonds. The predicted octanol–water partition coefficient (Wildman–Crippen LogP) is 2.02. The van der Waals surface area contributed by atoms with Crippen molar-refractivity contribution in [2.45, 2.75) is 0 Å². The summed E-state index contributed by atoms with van der Waals surface area (Å²) in [6.45, 7) is 0.481. The molecule has 0 aliphatic heterocycles. The summed E-state index contributed by atoms with van der Waals surface area (Å²) >= 11 is 1.61. The van der Waals surface area contributed by atoms with Gasteiger partial charge in [-0.1, -0.05) is 18.1 Å². The first-order valence-corrected chi connectivity index (χ1v) is 6.42. The fraction of sp³-hybridized carbons (Fsp3) is 0.308. The average Bonchev–Trinajstić information content (AvgIpc) is 2.37. The summed E-state index contributed by atoms with van der Waals surface area (Å²) in [5.74, 6) is 3.02. The molecule has 3 nitrogen and oxygen atoms in total. The van der Waals surface area contributed by atoms with Gasteiger partial charge in [0.2, 0.25) is 0 Å². The van der Waals surface area contributed by atoms with Gasteiger partial charge >= 0.3 is 5.97 Å². The van der Waals surface area contributed by atoms with Crippen LogP contribution >= 0.6 is 11.8 Å². The van der Waals surface area contributed by atoms with E-state index in [2.05, 4.69) is 12.0 Å². The van der Waals surface area contributed by atoms with Crippen molar-refractivity contribution >= 4 is 17.7 Å². The maximum Gasteiger partial charge on any atom is 0.341 e. The fourth-order valence-corrected chi connectivity index (χ4v) is 1.36. The number of hydrogen-bond donors (Lipinski definition) is 0. The van der Waals surface area contributed by atoms with E-state index >= 15 is 0 Å². The molecule has 0 bridgehead atoms. The molecule has 0 heterocycles. The van der Waals surface area contributed by atoms with Gasteiger partial charge in [-0.2, -0.15) is 11.8 Å². The zero-order chi connectivity index (χ0) is 12.5. The van der Waals surface area contributed by atoms with Crippen LogP contribution in [0.5, 0.6) is 5.75 Å². The van der Waals surface area contributed by atoms with Crippen LogP contribution in [0.4, 0.5) is 0 Å². The molecule has 0 atom stereocenters. The van der Waals surface area contributed by atoms with Crippen LogP contribution < -0.4 is 4.74 Å². The number of carbonyl (C=O) groups is 1. The summed E-state index contributed by atoms with van der Waals surface area (Å²) in [6, 6.07) is 7.81. The lowest BCUT2D eigenvalue weighted by Crippen LogP contribution is -2.10. The van der Waals surface area contributed by atoms with Gasteiger partial charge in [-0.05, 0) is 12.3 Å². The lowest BCUT2D eigenvalue weighted by atomic mass is 10.2. The smallest absolute Gasteiger partial charge is 0.341 e. The Labute approximate surface area is 105 Å². The lowest BCUT2D eigenvalue weighted by Gasteiger charge is -2.08. The van der Waals surface area contributed by atoms with Crippen molar-refractivity contribution in [2.75, 3.05) is 25.2 Å². The van der Waals surface area contributed by atoms with E-state index in [-0.39, 0.29) is 6.61 Å². The van der Waals surface area contributed by atoms with Crippen LogP contribution in [-0.2, 0) is 4.74 Å². The van der Waals surface area contributed by atoms with Crippen molar-refractivity contribution in [1.29, 1.82) is 0 Å². The van der Waals surface area contributed by atoms with E-state index in [1.807, 2.05) is 6.26 Å². The van der Waals surface area contributed by atoms with Crippen molar-refractivity contribution in [3.63, 3.8) is 0 Å². The number of carbonyl (C=O) groups excluding carboxylic acids is 1. The van der Waals surface area contributed by atoms with Gasteiger partial charge < -0.3 is 9.47 Å². The minimum Gasteiger partial charge on any atom is -0.479 e. The van der Waals surface area contributed by atoms with E-state index in [9.17, 15) is 4.79 Å². The molecule has 0 fully saturated rings. The van der Waals surface area contributed by atoms with Crippen LogP contribution in [0.1, 0.15) is 10.4 Å².